The van der Waals surface area contributed by atoms with E-state index in [0.29, 0.717) is 23.7 Å². The third-order valence-corrected chi connectivity index (χ3v) is 5.24. The Hall–Kier alpha value is -2.53. The Kier molecular flexibility index (Phi) is 6.93. The Morgan fingerprint density at radius 1 is 1.00 bits per heavy atom. The Labute approximate surface area is 171 Å². The number of rotatable bonds is 6. The highest BCUT2D eigenvalue weighted by Gasteiger charge is 2.14. The largest absolute Gasteiger partial charge is 0.372 e. The molecule has 5 nitrogen and oxygen atoms in total. The third-order valence-electron chi connectivity index (χ3n) is 4.99. The molecule has 2 amide bonds. The fraction of sp³-hybridized carbons (Fsp3) is 0.364. The van der Waals surface area contributed by atoms with Crippen LogP contribution in [0.25, 0.3) is 0 Å². The van der Waals surface area contributed by atoms with Gasteiger partial charge < -0.3 is 15.1 Å². The summed E-state index contributed by atoms with van der Waals surface area (Å²) in [5, 5.41) is 3.44. The van der Waals surface area contributed by atoms with Gasteiger partial charge in [-0.3, -0.25) is 9.59 Å². The van der Waals surface area contributed by atoms with Crippen molar-refractivity contribution >= 4 is 34.8 Å². The van der Waals surface area contributed by atoms with E-state index in [1.807, 2.05) is 12.1 Å². The number of nitrogens with one attached hydrogen (secondary N) is 1. The molecule has 0 saturated carbocycles. The van der Waals surface area contributed by atoms with Crippen LogP contribution in [0.3, 0.4) is 0 Å². The SMILES string of the molecule is CC(=O)N(CCNC(=O)c1ccc(Cl)cc1)c1ccc(N2CCCCC2)cc1. The first kappa shape index (κ1) is 20.2. The van der Waals surface area contributed by atoms with Gasteiger partial charge in [0.15, 0.2) is 0 Å². The molecule has 0 atom stereocenters. The summed E-state index contributed by atoms with van der Waals surface area (Å²) < 4.78 is 0. The number of nitrogens with zero attached hydrogens (tertiary/aromatic N) is 2. The van der Waals surface area contributed by atoms with Crippen LogP contribution in [0.1, 0.15) is 36.5 Å². The number of hydrogen-bond donors (Lipinski definition) is 1. The molecule has 3 rings (SSSR count). The first-order chi connectivity index (χ1) is 13.5. The van der Waals surface area contributed by atoms with Gasteiger partial charge in [0.1, 0.15) is 0 Å². The van der Waals surface area contributed by atoms with Crippen LogP contribution < -0.4 is 15.1 Å². The van der Waals surface area contributed by atoms with Crippen LogP contribution >= 0.6 is 11.6 Å². The molecule has 0 spiro atoms. The molecule has 0 aliphatic carbocycles. The van der Waals surface area contributed by atoms with Gasteiger partial charge in [0.25, 0.3) is 5.91 Å². The first-order valence-electron chi connectivity index (χ1n) is 9.71. The van der Waals surface area contributed by atoms with Gasteiger partial charge in [-0.05, 0) is 67.8 Å². The zero-order valence-electron chi connectivity index (χ0n) is 16.2. The van der Waals surface area contributed by atoms with Crippen molar-refractivity contribution in [3.8, 4) is 0 Å². The molecular weight excluding hydrogens is 374 g/mol. The highest BCUT2D eigenvalue weighted by Crippen LogP contribution is 2.23. The van der Waals surface area contributed by atoms with E-state index in [0.717, 1.165) is 18.8 Å². The maximum Gasteiger partial charge on any atom is 0.251 e. The quantitative estimate of drug-likeness (QED) is 0.795. The number of halogens is 1. The molecule has 148 valence electrons. The molecule has 2 aromatic carbocycles. The smallest absolute Gasteiger partial charge is 0.251 e. The van der Waals surface area contributed by atoms with Crippen LogP contribution in [0, 0.1) is 0 Å². The minimum absolute atomic E-state index is 0.0496. The summed E-state index contributed by atoms with van der Waals surface area (Å²) in [7, 11) is 0. The van der Waals surface area contributed by atoms with Crippen molar-refractivity contribution in [1.82, 2.24) is 5.32 Å². The Bertz CT molecular complexity index is 800. The maximum absolute atomic E-state index is 12.2. The van der Waals surface area contributed by atoms with Crippen LogP contribution in [0.4, 0.5) is 11.4 Å². The van der Waals surface area contributed by atoms with Gasteiger partial charge in [0.05, 0.1) is 0 Å². The summed E-state index contributed by atoms with van der Waals surface area (Å²) in [5.74, 6) is -0.230. The van der Waals surface area contributed by atoms with Crippen LogP contribution in [0.5, 0.6) is 0 Å². The highest BCUT2D eigenvalue weighted by molar-refractivity contribution is 6.30. The lowest BCUT2D eigenvalue weighted by Crippen LogP contribution is -2.37. The summed E-state index contributed by atoms with van der Waals surface area (Å²) in [5.41, 5.74) is 2.58. The van der Waals surface area contributed by atoms with Gasteiger partial charge in [-0.1, -0.05) is 11.6 Å². The highest BCUT2D eigenvalue weighted by atomic mass is 35.5. The molecule has 2 aromatic rings. The van der Waals surface area contributed by atoms with Crippen molar-refractivity contribution < 1.29 is 9.59 Å². The van der Waals surface area contributed by atoms with Gasteiger partial charge in [0, 0.05) is 55.1 Å². The molecule has 1 aliphatic heterocycles. The van der Waals surface area contributed by atoms with Crippen molar-refractivity contribution in [1.29, 1.82) is 0 Å². The van der Waals surface area contributed by atoms with Gasteiger partial charge >= 0.3 is 0 Å². The van der Waals surface area contributed by atoms with E-state index in [1.54, 1.807) is 36.1 Å². The molecule has 1 aliphatic rings. The number of anilines is 2. The molecule has 0 aromatic heterocycles. The van der Waals surface area contributed by atoms with Crippen molar-refractivity contribution in [2.75, 3.05) is 36.0 Å². The van der Waals surface area contributed by atoms with E-state index in [-0.39, 0.29) is 11.8 Å². The predicted molar refractivity (Wildman–Crippen MR) is 114 cm³/mol. The molecular formula is C22H26ClN3O2. The standard InChI is InChI=1S/C22H26ClN3O2/c1-17(27)26(16-13-24-22(28)18-5-7-19(23)8-6-18)21-11-9-20(10-12-21)25-14-3-2-4-15-25/h5-12H,2-4,13-16H2,1H3,(H,24,28). The maximum atomic E-state index is 12.2. The molecule has 1 heterocycles. The summed E-state index contributed by atoms with van der Waals surface area (Å²) in [6.45, 7) is 4.51. The summed E-state index contributed by atoms with van der Waals surface area (Å²) in [6.07, 6.45) is 3.76. The normalized spacial score (nSPS) is 13.9. The summed E-state index contributed by atoms with van der Waals surface area (Å²) in [4.78, 5) is 28.4. The van der Waals surface area contributed by atoms with Gasteiger partial charge in [-0.15, -0.1) is 0 Å². The van der Waals surface area contributed by atoms with Crippen molar-refractivity contribution in [2.24, 2.45) is 0 Å². The number of piperidine rings is 1. The minimum atomic E-state index is -0.180. The van der Waals surface area contributed by atoms with Crippen molar-refractivity contribution in [3.63, 3.8) is 0 Å². The monoisotopic (exact) mass is 399 g/mol. The fourth-order valence-electron chi connectivity index (χ4n) is 3.45. The van der Waals surface area contributed by atoms with Gasteiger partial charge in [-0.25, -0.2) is 0 Å². The molecule has 1 N–H and O–H groups in total. The Balaban J connectivity index is 1.57. The molecule has 0 unspecified atom stereocenters. The third kappa shape index (κ3) is 5.26. The van der Waals surface area contributed by atoms with Crippen LogP contribution in [0.2, 0.25) is 5.02 Å². The van der Waals surface area contributed by atoms with E-state index in [1.165, 1.54) is 24.9 Å². The number of carbonyl (C=O) groups excluding carboxylic acids is 2. The molecule has 0 bridgehead atoms. The van der Waals surface area contributed by atoms with Crippen LogP contribution in [-0.2, 0) is 4.79 Å². The van der Waals surface area contributed by atoms with E-state index in [4.69, 9.17) is 11.6 Å². The second-order valence-corrected chi connectivity index (χ2v) is 7.43. The number of hydrogen-bond acceptors (Lipinski definition) is 3. The molecule has 28 heavy (non-hydrogen) atoms. The number of carbonyl (C=O) groups is 2. The lowest BCUT2D eigenvalue weighted by atomic mass is 10.1. The Morgan fingerprint density at radius 3 is 2.25 bits per heavy atom. The van der Waals surface area contributed by atoms with Crippen LogP contribution in [-0.4, -0.2) is 38.0 Å². The van der Waals surface area contributed by atoms with Gasteiger partial charge in [-0.2, -0.15) is 0 Å². The lowest BCUT2D eigenvalue weighted by molar-refractivity contribution is -0.116. The van der Waals surface area contributed by atoms with E-state index < -0.39 is 0 Å². The average molecular weight is 400 g/mol. The zero-order valence-corrected chi connectivity index (χ0v) is 16.9. The average Bonchev–Trinajstić information content (AvgIpc) is 2.72. The topological polar surface area (TPSA) is 52.7 Å². The molecule has 0 radical (unpaired) electrons. The molecule has 1 saturated heterocycles. The van der Waals surface area contributed by atoms with Crippen molar-refractivity contribution in [3.05, 3.63) is 59.1 Å². The minimum Gasteiger partial charge on any atom is -0.372 e. The van der Waals surface area contributed by atoms with E-state index >= 15 is 0 Å². The van der Waals surface area contributed by atoms with Gasteiger partial charge in [0.2, 0.25) is 5.91 Å². The van der Waals surface area contributed by atoms with Crippen molar-refractivity contribution in [2.45, 2.75) is 26.2 Å². The summed E-state index contributed by atoms with van der Waals surface area (Å²) >= 11 is 5.85. The molecule has 1 fully saturated rings. The van der Waals surface area contributed by atoms with E-state index in [2.05, 4.69) is 22.3 Å². The zero-order chi connectivity index (χ0) is 19.9. The summed E-state index contributed by atoms with van der Waals surface area (Å²) in [6, 6.07) is 14.8. The second kappa shape index (κ2) is 9.60. The second-order valence-electron chi connectivity index (χ2n) is 7.00. The Morgan fingerprint density at radius 2 is 1.64 bits per heavy atom. The van der Waals surface area contributed by atoms with Crippen LogP contribution in [0.15, 0.2) is 48.5 Å². The lowest BCUT2D eigenvalue weighted by Gasteiger charge is -2.29. The molecule has 6 heteroatoms. The number of benzene rings is 2. The first-order valence-corrected chi connectivity index (χ1v) is 10.1. The fourth-order valence-corrected chi connectivity index (χ4v) is 3.57. The van der Waals surface area contributed by atoms with E-state index in [9.17, 15) is 9.59 Å². The number of amides is 2. The predicted octanol–water partition coefficient (Wildman–Crippen LogP) is 4.11.